The highest BCUT2D eigenvalue weighted by atomic mass is 79.9. The number of phenolic OH excluding ortho intramolecular Hbond substituents is 1. The number of nitrogens with one attached hydrogen (secondary N) is 1. The van der Waals surface area contributed by atoms with Crippen molar-refractivity contribution in [1.82, 2.24) is 5.43 Å². The second-order valence-electron chi connectivity index (χ2n) is 4.42. The fraction of sp³-hybridized carbons (Fsp3) is 0.0667. The summed E-state index contributed by atoms with van der Waals surface area (Å²) in [6.07, 6.45) is 1.63. The normalized spacial score (nSPS) is 10.9. The zero-order valence-electron chi connectivity index (χ0n) is 11.2. The molecule has 7 heteroatoms. The molecule has 2 aromatic rings. The summed E-state index contributed by atoms with van der Waals surface area (Å²) < 4.78 is 2.30. The van der Waals surface area contributed by atoms with E-state index in [-0.39, 0.29) is 18.1 Å². The molecule has 0 spiro atoms. The number of phenols is 1. The van der Waals surface area contributed by atoms with Gasteiger partial charge in [0.1, 0.15) is 5.75 Å². The molecule has 2 N–H and O–H groups in total. The summed E-state index contributed by atoms with van der Waals surface area (Å²) >= 11 is 9.90. The highest BCUT2D eigenvalue weighted by Gasteiger charge is 2.06. The Bertz CT molecular complexity index is 715. The van der Waals surface area contributed by atoms with Gasteiger partial charge in [0.15, 0.2) is 0 Å². The number of amides is 1. The quantitative estimate of drug-likeness (QED) is 0.494. The summed E-state index contributed by atoms with van der Waals surface area (Å²) in [5.74, 6) is -0.166. The van der Waals surface area contributed by atoms with Crippen molar-refractivity contribution < 1.29 is 9.90 Å². The second-order valence-corrected chi connectivity index (χ2v) is 7.11. The van der Waals surface area contributed by atoms with Crippen LogP contribution >= 0.6 is 47.8 Å². The van der Waals surface area contributed by atoms with Crippen molar-refractivity contribution in [2.24, 2.45) is 5.10 Å². The summed E-state index contributed by atoms with van der Waals surface area (Å²) in [4.78, 5) is 11.8. The smallest absolute Gasteiger partial charge is 0.244 e. The van der Waals surface area contributed by atoms with Crippen LogP contribution in [0.5, 0.6) is 5.75 Å². The SMILES string of the molecule is O=C(Cc1ccc(Br)cc1)NN=Cc1cc(Br)cc(Br)c1O. The number of rotatable bonds is 4. The van der Waals surface area contributed by atoms with Gasteiger partial charge >= 0.3 is 0 Å². The molecule has 0 aliphatic heterocycles. The summed E-state index contributed by atoms with van der Waals surface area (Å²) in [5, 5.41) is 13.7. The molecule has 0 unspecified atom stereocenters. The van der Waals surface area contributed by atoms with Gasteiger partial charge in [-0.2, -0.15) is 5.10 Å². The Kier molecular flexibility index (Phi) is 6.16. The third-order valence-corrected chi connectivity index (χ3v) is 4.32. The van der Waals surface area contributed by atoms with Gasteiger partial charge in [-0.15, -0.1) is 0 Å². The summed E-state index contributed by atoms with van der Waals surface area (Å²) in [6, 6.07) is 10.9. The molecule has 2 rings (SSSR count). The topological polar surface area (TPSA) is 61.7 Å². The van der Waals surface area contributed by atoms with Gasteiger partial charge < -0.3 is 5.11 Å². The van der Waals surface area contributed by atoms with Crippen LogP contribution in [0.2, 0.25) is 0 Å². The monoisotopic (exact) mass is 488 g/mol. The van der Waals surface area contributed by atoms with Crippen LogP contribution in [-0.2, 0) is 11.2 Å². The Morgan fingerprint density at radius 2 is 1.82 bits per heavy atom. The summed E-state index contributed by atoms with van der Waals surface area (Å²) in [5.41, 5.74) is 3.82. The van der Waals surface area contributed by atoms with Crippen LogP contribution < -0.4 is 5.43 Å². The van der Waals surface area contributed by atoms with E-state index in [0.717, 1.165) is 14.5 Å². The maximum absolute atomic E-state index is 11.8. The highest BCUT2D eigenvalue weighted by Crippen LogP contribution is 2.30. The van der Waals surface area contributed by atoms with Gasteiger partial charge in [0.25, 0.3) is 0 Å². The number of halogens is 3. The molecule has 0 atom stereocenters. The van der Waals surface area contributed by atoms with Crippen molar-refractivity contribution in [2.75, 3.05) is 0 Å². The van der Waals surface area contributed by atoms with Crippen LogP contribution in [-0.4, -0.2) is 17.2 Å². The predicted octanol–water partition coefficient (Wildman–Crippen LogP) is 4.37. The number of hydrogen-bond acceptors (Lipinski definition) is 3. The van der Waals surface area contributed by atoms with Gasteiger partial charge in [-0.25, -0.2) is 5.43 Å². The van der Waals surface area contributed by atoms with Crippen molar-refractivity contribution in [3.8, 4) is 5.75 Å². The molecule has 1 amide bonds. The maximum atomic E-state index is 11.8. The van der Waals surface area contributed by atoms with E-state index < -0.39 is 0 Å². The molecule has 22 heavy (non-hydrogen) atoms. The molecule has 0 saturated heterocycles. The van der Waals surface area contributed by atoms with Crippen LogP contribution in [0.15, 0.2) is 54.9 Å². The zero-order valence-corrected chi connectivity index (χ0v) is 15.9. The van der Waals surface area contributed by atoms with Crippen LogP contribution in [0.4, 0.5) is 0 Å². The molecule has 0 bridgehead atoms. The number of aromatic hydroxyl groups is 1. The number of carbonyl (C=O) groups is 1. The molecular weight excluding hydrogens is 480 g/mol. The predicted molar refractivity (Wildman–Crippen MR) is 97.1 cm³/mol. The molecule has 2 aromatic carbocycles. The standard InChI is InChI=1S/C15H11Br3N2O2/c16-11-3-1-9(2-4-11)5-14(21)20-19-8-10-6-12(17)7-13(18)15(10)22/h1-4,6-8,22H,5H2,(H,20,21). The Morgan fingerprint density at radius 1 is 1.14 bits per heavy atom. The van der Waals surface area contributed by atoms with Crippen molar-refractivity contribution in [2.45, 2.75) is 6.42 Å². The first-order valence-electron chi connectivity index (χ1n) is 6.20. The fourth-order valence-corrected chi connectivity index (χ4v) is 3.21. The van der Waals surface area contributed by atoms with Crippen molar-refractivity contribution >= 4 is 59.9 Å². The van der Waals surface area contributed by atoms with E-state index in [9.17, 15) is 9.90 Å². The minimum Gasteiger partial charge on any atom is -0.506 e. The van der Waals surface area contributed by atoms with Gasteiger partial charge in [0.2, 0.25) is 5.91 Å². The molecule has 0 aliphatic rings. The first-order valence-corrected chi connectivity index (χ1v) is 8.58. The lowest BCUT2D eigenvalue weighted by Gasteiger charge is -2.03. The Morgan fingerprint density at radius 3 is 2.50 bits per heavy atom. The van der Waals surface area contributed by atoms with Crippen LogP contribution in [0.3, 0.4) is 0 Å². The van der Waals surface area contributed by atoms with E-state index in [4.69, 9.17) is 0 Å². The first-order chi connectivity index (χ1) is 10.5. The minimum atomic E-state index is -0.230. The largest absolute Gasteiger partial charge is 0.506 e. The second kappa shape index (κ2) is 7.89. The number of hydrogen-bond donors (Lipinski definition) is 2. The number of benzene rings is 2. The van der Waals surface area contributed by atoms with Gasteiger partial charge in [-0.3, -0.25) is 4.79 Å². The lowest BCUT2D eigenvalue weighted by molar-refractivity contribution is -0.120. The molecule has 0 radical (unpaired) electrons. The number of hydrazone groups is 1. The zero-order chi connectivity index (χ0) is 16.1. The van der Waals surface area contributed by atoms with E-state index in [0.29, 0.717) is 10.0 Å². The van der Waals surface area contributed by atoms with Gasteiger partial charge in [-0.1, -0.05) is 44.0 Å². The third kappa shape index (κ3) is 4.93. The lowest BCUT2D eigenvalue weighted by Crippen LogP contribution is -2.19. The molecule has 0 saturated carbocycles. The Labute approximate surface area is 153 Å². The van der Waals surface area contributed by atoms with Crippen LogP contribution in [0.25, 0.3) is 0 Å². The van der Waals surface area contributed by atoms with Gasteiger partial charge in [-0.05, 0) is 45.8 Å². The first kappa shape index (κ1) is 17.2. The molecule has 114 valence electrons. The van der Waals surface area contributed by atoms with Crippen molar-refractivity contribution in [3.63, 3.8) is 0 Å². The Balaban J connectivity index is 1.97. The molecule has 0 aromatic heterocycles. The van der Waals surface area contributed by atoms with Crippen molar-refractivity contribution in [3.05, 3.63) is 60.9 Å². The molecule has 0 aliphatic carbocycles. The maximum Gasteiger partial charge on any atom is 0.244 e. The highest BCUT2D eigenvalue weighted by molar-refractivity contribution is 9.11. The molecule has 4 nitrogen and oxygen atoms in total. The fourth-order valence-electron chi connectivity index (χ4n) is 1.69. The number of nitrogens with zero attached hydrogens (tertiary/aromatic N) is 1. The lowest BCUT2D eigenvalue weighted by atomic mass is 10.1. The molecule has 0 fully saturated rings. The van der Waals surface area contributed by atoms with Gasteiger partial charge in [0.05, 0.1) is 17.1 Å². The average Bonchev–Trinajstić information content (AvgIpc) is 2.46. The van der Waals surface area contributed by atoms with Gasteiger partial charge in [0, 0.05) is 14.5 Å². The van der Waals surface area contributed by atoms with E-state index >= 15 is 0 Å². The van der Waals surface area contributed by atoms with Crippen LogP contribution in [0.1, 0.15) is 11.1 Å². The minimum absolute atomic E-state index is 0.0640. The van der Waals surface area contributed by atoms with E-state index in [1.165, 1.54) is 6.21 Å². The molecular formula is C15H11Br3N2O2. The summed E-state index contributed by atoms with van der Waals surface area (Å²) in [7, 11) is 0. The van der Waals surface area contributed by atoms with E-state index in [2.05, 4.69) is 58.3 Å². The number of carbonyl (C=O) groups excluding carboxylic acids is 1. The van der Waals surface area contributed by atoms with Crippen molar-refractivity contribution in [1.29, 1.82) is 0 Å². The van der Waals surface area contributed by atoms with E-state index in [1.807, 2.05) is 24.3 Å². The van der Waals surface area contributed by atoms with Crippen LogP contribution in [0, 0.1) is 0 Å². The average molecular weight is 491 g/mol. The molecule has 0 heterocycles. The summed E-state index contributed by atoms with van der Waals surface area (Å²) in [6.45, 7) is 0. The van der Waals surface area contributed by atoms with E-state index in [1.54, 1.807) is 12.1 Å². The third-order valence-electron chi connectivity index (χ3n) is 2.73. The Hall–Kier alpha value is -1.18.